The van der Waals surface area contributed by atoms with Crippen LogP contribution >= 0.6 is 0 Å². The largest absolute Gasteiger partial charge is 0.395 e. The quantitative estimate of drug-likeness (QED) is 0.577. The third-order valence-corrected chi connectivity index (χ3v) is 5.72. The van der Waals surface area contributed by atoms with E-state index in [9.17, 15) is 9.00 Å². The van der Waals surface area contributed by atoms with E-state index in [1.807, 2.05) is 20.8 Å². The molecule has 112 valence electrons. The van der Waals surface area contributed by atoms with Crippen molar-refractivity contribution in [1.29, 1.82) is 0 Å². The van der Waals surface area contributed by atoms with E-state index >= 15 is 0 Å². The number of hydrogen-bond acceptors (Lipinski definition) is 4. The van der Waals surface area contributed by atoms with Crippen LogP contribution in [0.1, 0.15) is 33.6 Å². The maximum atomic E-state index is 12.7. The third kappa shape index (κ3) is 4.29. The fourth-order valence-corrected chi connectivity index (χ4v) is 4.41. The van der Waals surface area contributed by atoms with Gasteiger partial charge < -0.3 is 10.4 Å². The molecule has 1 saturated heterocycles. The molecular weight excluding hydrogens is 262 g/mol. The van der Waals surface area contributed by atoms with Crippen LogP contribution in [0.25, 0.3) is 0 Å². The van der Waals surface area contributed by atoms with Crippen LogP contribution < -0.4 is 5.32 Å². The molecule has 0 aliphatic carbocycles. The highest BCUT2D eigenvalue weighted by atomic mass is 32.2. The summed E-state index contributed by atoms with van der Waals surface area (Å²) in [4.78, 5) is 12.7. The van der Waals surface area contributed by atoms with E-state index in [2.05, 4.69) is 11.2 Å². The van der Waals surface area contributed by atoms with Crippen molar-refractivity contribution >= 4 is 21.2 Å². The molecular formula is C14H27NO3S. The van der Waals surface area contributed by atoms with Gasteiger partial charge in [0, 0.05) is 35.4 Å². The van der Waals surface area contributed by atoms with E-state index in [0.717, 1.165) is 0 Å². The second-order valence-electron chi connectivity index (χ2n) is 6.63. The Labute approximate surface area is 117 Å². The van der Waals surface area contributed by atoms with E-state index in [-0.39, 0.29) is 12.4 Å². The first-order valence-corrected chi connectivity index (χ1v) is 8.89. The highest BCUT2D eigenvalue weighted by Gasteiger charge is 2.45. The monoisotopic (exact) mass is 289 g/mol. The molecule has 4 nitrogen and oxygen atoms in total. The van der Waals surface area contributed by atoms with Gasteiger partial charge in [0.15, 0.2) is 0 Å². The Hall–Kier alpha value is -0.390. The van der Waals surface area contributed by atoms with E-state index in [1.165, 1.54) is 0 Å². The van der Waals surface area contributed by atoms with Gasteiger partial charge in [-0.15, -0.1) is 0 Å². The number of ketones is 1. The SMILES string of the molecule is C=S1(=O)CCC(CNCCO)(C(=O)C(C)(C)C)CC1. The minimum atomic E-state index is -1.99. The summed E-state index contributed by atoms with van der Waals surface area (Å²) in [5.41, 5.74) is -0.855. The average molecular weight is 289 g/mol. The van der Waals surface area contributed by atoms with Gasteiger partial charge in [-0.2, -0.15) is 0 Å². The maximum absolute atomic E-state index is 12.7. The van der Waals surface area contributed by atoms with Crippen molar-refractivity contribution in [1.82, 2.24) is 5.32 Å². The Kier molecular flexibility index (Phi) is 5.21. The molecule has 0 spiro atoms. The van der Waals surface area contributed by atoms with Crippen molar-refractivity contribution in [3.8, 4) is 0 Å². The number of nitrogens with one attached hydrogen (secondary N) is 1. The maximum Gasteiger partial charge on any atom is 0.145 e. The van der Waals surface area contributed by atoms with Gasteiger partial charge in [0.25, 0.3) is 0 Å². The molecule has 0 aromatic heterocycles. The molecule has 1 aliphatic rings. The van der Waals surface area contributed by atoms with Crippen LogP contribution in [-0.2, 0) is 14.3 Å². The fraction of sp³-hybridized carbons (Fsp3) is 0.857. The zero-order chi connectivity index (χ0) is 14.7. The van der Waals surface area contributed by atoms with Gasteiger partial charge in [-0.1, -0.05) is 20.8 Å². The number of rotatable bonds is 5. The van der Waals surface area contributed by atoms with Gasteiger partial charge in [-0.25, -0.2) is 0 Å². The lowest BCUT2D eigenvalue weighted by molar-refractivity contribution is -0.137. The minimum absolute atomic E-state index is 0.0614. The highest BCUT2D eigenvalue weighted by molar-refractivity contribution is 8.00. The fourth-order valence-electron chi connectivity index (χ4n) is 2.68. The molecule has 1 fully saturated rings. The minimum Gasteiger partial charge on any atom is -0.395 e. The second-order valence-corrected chi connectivity index (χ2v) is 9.38. The first-order chi connectivity index (χ1) is 8.63. The van der Waals surface area contributed by atoms with Crippen LogP contribution in [0.5, 0.6) is 0 Å². The summed E-state index contributed by atoms with van der Waals surface area (Å²) >= 11 is 0. The molecule has 1 rings (SSSR count). The Morgan fingerprint density at radius 3 is 2.32 bits per heavy atom. The zero-order valence-electron chi connectivity index (χ0n) is 12.3. The number of hydrogen-bond donors (Lipinski definition) is 2. The van der Waals surface area contributed by atoms with Gasteiger partial charge >= 0.3 is 0 Å². The molecule has 0 amide bonds. The van der Waals surface area contributed by atoms with Gasteiger partial charge in [-0.3, -0.25) is 9.00 Å². The lowest BCUT2D eigenvalue weighted by atomic mass is 9.69. The van der Waals surface area contributed by atoms with Crippen LogP contribution in [0.4, 0.5) is 0 Å². The number of aliphatic hydroxyl groups excluding tert-OH is 1. The second kappa shape index (κ2) is 5.94. The van der Waals surface area contributed by atoms with Crippen molar-refractivity contribution in [3.63, 3.8) is 0 Å². The zero-order valence-corrected chi connectivity index (χ0v) is 13.1. The molecule has 0 bridgehead atoms. The lowest BCUT2D eigenvalue weighted by Crippen LogP contribution is -2.50. The van der Waals surface area contributed by atoms with Crippen LogP contribution in [0.15, 0.2) is 0 Å². The first-order valence-electron chi connectivity index (χ1n) is 6.82. The molecule has 19 heavy (non-hydrogen) atoms. The summed E-state index contributed by atoms with van der Waals surface area (Å²) in [6.45, 7) is 6.89. The highest BCUT2D eigenvalue weighted by Crippen LogP contribution is 2.39. The van der Waals surface area contributed by atoms with E-state index in [0.29, 0.717) is 37.4 Å². The number of Topliss-reactive ketones (excluding diaryl/α,β-unsaturated/α-hetero) is 1. The molecule has 1 aliphatic heterocycles. The summed E-state index contributed by atoms with van der Waals surface area (Å²) < 4.78 is 12.0. The van der Waals surface area contributed by atoms with Crippen LogP contribution in [-0.4, -0.2) is 52.2 Å². The molecule has 0 aromatic rings. The molecule has 0 unspecified atom stereocenters. The van der Waals surface area contributed by atoms with E-state index in [1.54, 1.807) is 0 Å². The molecule has 1 heterocycles. The molecule has 0 radical (unpaired) electrons. The van der Waals surface area contributed by atoms with Crippen molar-refractivity contribution < 1.29 is 14.1 Å². The summed E-state index contributed by atoms with van der Waals surface area (Å²) in [5, 5.41) is 12.0. The standard InChI is InChI=1S/C14H27NO3S/c1-13(2,3)12(17)14(11-15-7-8-16)5-9-19(4,18)10-6-14/h15-16H,4-11H2,1-3H3. The van der Waals surface area contributed by atoms with Crippen molar-refractivity contribution in [2.75, 3.05) is 31.2 Å². The van der Waals surface area contributed by atoms with Crippen molar-refractivity contribution in [2.45, 2.75) is 33.6 Å². The predicted octanol–water partition coefficient (Wildman–Crippen LogP) is 0.680. The Morgan fingerprint density at radius 1 is 1.37 bits per heavy atom. The van der Waals surface area contributed by atoms with Gasteiger partial charge in [0.2, 0.25) is 0 Å². The first kappa shape index (κ1) is 16.7. The molecule has 0 aromatic carbocycles. The Balaban J connectivity index is 2.89. The van der Waals surface area contributed by atoms with Gasteiger partial charge in [-0.05, 0) is 28.2 Å². The summed E-state index contributed by atoms with van der Waals surface area (Å²) in [6, 6.07) is 0. The van der Waals surface area contributed by atoms with Gasteiger partial charge in [0.1, 0.15) is 5.78 Å². The van der Waals surface area contributed by atoms with E-state index in [4.69, 9.17) is 5.11 Å². The molecule has 0 saturated carbocycles. The third-order valence-electron chi connectivity index (χ3n) is 3.82. The predicted molar refractivity (Wildman–Crippen MR) is 81.1 cm³/mol. The topological polar surface area (TPSA) is 66.4 Å². The Morgan fingerprint density at radius 2 is 1.89 bits per heavy atom. The van der Waals surface area contributed by atoms with Crippen molar-refractivity contribution in [2.24, 2.45) is 10.8 Å². The molecule has 0 atom stereocenters. The number of carbonyl (C=O) groups is 1. The van der Waals surface area contributed by atoms with E-state index < -0.39 is 20.4 Å². The summed E-state index contributed by atoms with van der Waals surface area (Å²) in [5.74, 6) is 5.04. The summed E-state index contributed by atoms with van der Waals surface area (Å²) in [7, 11) is -1.99. The van der Waals surface area contributed by atoms with Crippen LogP contribution in [0.3, 0.4) is 0 Å². The van der Waals surface area contributed by atoms with Crippen LogP contribution in [0, 0.1) is 10.8 Å². The average Bonchev–Trinajstić information content (AvgIpc) is 2.30. The molecule has 5 heteroatoms. The van der Waals surface area contributed by atoms with Crippen LogP contribution in [0.2, 0.25) is 0 Å². The smallest absolute Gasteiger partial charge is 0.145 e. The number of carbonyl (C=O) groups excluding carboxylic acids is 1. The van der Waals surface area contributed by atoms with Crippen molar-refractivity contribution in [3.05, 3.63) is 0 Å². The Bertz CT molecular complexity index is 406. The molecule has 2 N–H and O–H groups in total. The normalized spacial score (nSPS) is 32.2. The number of aliphatic hydroxyl groups is 1. The lowest BCUT2D eigenvalue weighted by Gasteiger charge is -2.41. The summed E-state index contributed by atoms with van der Waals surface area (Å²) in [6.07, 6.45) is 1.26. The van der Waals surface area contributed by atoms with Gasteiger partial charge in [0.05, 0.1) is 6.61 Å².